The highest BCUT2D eigenvalue weighted by atomic mass is 19.3. The van der Waals surface area contributed by atoms with E-state index in [2.05, 4.69) is 4.74 Å². The first-order chi connectivity index (χ1) is 8.81. The molecule has 0 heterocycles. The summed E-state index contributed by atoms with van der Waals surface area (Å²) in [6.45, 7) is -1.96. The predicted molar refractivity (Wildman–Crippen MR) is 58.5 cm³/mol. The van der Waals surface area contributed by atoms with Crippen LogP contribution in [0.25, 0.3) is 0 Å². The van der Waals surface area contributed by atoms with Crippen LogP contribution in [0.4, 0.5) is 18.9 Å². The molecular formula is C11H10F3NO4. The molecule has 0 aromatic heterocycles. The van der Waals surface area contributed by atoms with Crippen molar-refractivity contribution in [3.8, 4) is 5.75 Å². The first kappa shape index (κ1) is 14.8. The molecule has 0 saturated heterocycles. The molecule has 2 N–H and O–H groups in total. The molecule has 0 bridgehead atoms. The minimum Gasteiger partial charge on any atom is -0.481 e. The Morgan fingerprint density at radius 1 is 1.37 bits per heavy atom. The van der Waals surface area contributed by atoms with Gasteiger partial charge >= 0.3 is 12.6 Å². The van der Waals surface area contributed by atoms with E-state index < -0.39 is 36.0 Å². The summed E-state index contributed by atoms with van der Waals surface area (Å²) in [7, 11) is 0. The summed E-state index contributed by atoms with van der Waals surface area (Å²) in [4.78, 5) is 21.9. The Bertz CT molecular complexity index is 493. The van der Waals surface area contributed by atoms with Gasteiger partial charge in [0.1, 0.15) is 17.5 Å². The number of anilines is 1. The molecule has 5 nitrogen and oxygen atoms in total. The number of carboxylic acid groups (broad SMARTS) is 1. The quantitative estimate of drug-likeness (QED) is 0.808. The second-order valence-electron chi connectivity index (χ2n) is 3.57. The topological polar surface area (TPSA) is 75.6 Å². The van der Waals surface area contributed by atoms with E-state index in [9.17, 15) is 22.8 Å². The maximum Gasteiger partial charge on any atom is 0.387 e. The van der Waals surface area contributed by atoms with E-state index in [0.29, 0.717) is 6.07 Å². The van der Waals surface area contributed by atoms with E-state index >= 15 is 0 Å². The average Bonchev–Trinajstić information content (AvgIpc) is 2.30. The van der Waals surface area contributed by atoms with Crippen molar-refractivity contribution in [2.45, 2.75) is 13.5 Å². The lowest BCUT2D eigenvalue weighted by atomic mass is 10.1. The first-order valence-corrected chi connectivity index (χ1v) is 5.09. The molecular weight excluding hydrogens is 267 g/mol. The monoisotopic (exact) mass is 277 g/mol. The van der Waals surface area contributed by atoms with Crippen molar-refractivity contribution in [3.63, 3.8) is 0 Å². The summed E-state index contributed by atoms with van der Waals surface area (Å²) >= 11 is 0. The van der Waals surface area contributed by atoms with Crippen molar-refractivity contribution < 1.29 is 32.6 Å². The molecule has 0 saturated carbocycles. The molecule has 1 rings (SSSR count). The maximum absolute atomic E-state index is 13.4. The highest BCUT2D eigenvalue weighted by Gasteiger charge is 2.21. The SMILES string of the molecule is CC(C(=O)O)C(=O)Nc1ccc(OC(F)F)cc1F. The van der Waals surface area contributed by atoms with Crippen LogP contribution in [0, 0.1) is 11.7 Å². The number of amides is 1. The number of ether oxygens (including phenoxy) is 1. The molecule has 0 fully saturated rings. The Morgan fingerprint density at radius 2 is 2.00 bits per heavy atom. The van der Waals surface area contributed by atoms with Crippen LogP contribution in [0.1, 0.15) is 6.92 Å². The molecule has 0 aliphatic rings. The van der Waals surface area contributed by atoms with E-state index in [1.807, 2.05) is 5.32 Å². The average molecular weight is 277 g/mol. The summed E-state index contributed by atoms with van der Waals surface area (Å²) in [6.07, 6.45) is 0. The summed E-state index contributed by atoms with van der Waals surface area (Å²) in [5.74, 6) is -5.07. The van der Waals surface area contributed by atoms with Crippen LogP contribution in [0.3, 0.4) is 0 Å². The smallest absolute Gasteiger partial charge is 0.387 e. The van der Waals surface area contributed by atoms with Crippen LogP contribution in [-0.4, -0.2) is 23.6 Å². The third-order valence-electron chi connectivity index (χ3n) is 2.19. The summed E-state index contributed by atoms with van der Waals surface area (Å²) in [5, 5.41) is 10.6. The zero-order chi connectivity index (χ0) is 14.6. The van der Waals surface area contributed by atoms with E-state index in [1.54, 1.807) is 0 Å². The largest absolute Gasteiger partial charge is 0.481 e. The van der Waals surface area contributed by atoms with Crippen molar-refractivity contribution in [3.05, 3.63) is 24.0 Å². The number of rotatable bonds is 5. The lowest BCUT2D eigenvalue weighted by molar-refractivity contribution is -0.144. The van der Waals surface area contributed by atoms with Gasteiger partial charge in [0.05, 0.1) is 5.69 Å². The third-order valence-corrected chi connectivity index (χ3v) is 2.19. The van der Waals surface area contributed by atoms with Crippen LogP contribution in [0.2, 0.25) is 0 Å². The van der Waals surface area contributed by atoms with E-state index in [0.717, 1.165) is 19.1 Å². The Labute approximate surface area is 106 Å². The molecule has 0 spiro atoms. The first-order valence-electron chi connectivity index (χ1n) is 5.09. The van der Waals surface area contributed by atoms with Crippen LogP contribution in [0.15, 0.2) is 18.2 Å². The molecule has 1 amide bonds. The zero-order valence-corrected chi connectivity index (χ0v) is 9.69. The fourth-order valence-electron chi connectivity index (χ4n) is 1.13. The minimum atomic E-state index is -3.09. The van der Waals surface area contributed by atoms with Gasteiger partial charge in [0, 0.05) is 6.07 Å². The Kier molecular flexibility index (Phi) is 4.74. The van der Waals surface area contributed by atoms with Gasteiger partial charge in [-0.2, -0.15) is 8.78 Å². The lowest BCUT2D eigenvalue weighted by Crippen LogP contribution is -2.27. The number of nitrogens with one attached hydrogen (secondary N) is 1. The van der Waals surface area contributed by atoms with Crippen molar-refractivity contribution in [2.75, 3.05) is 5.32 Å². The van der Waals surface area contributed by atoms with Gasteiger partial charge in [-0.05, 0) is 19.1 Å². The normalized spacial score (nSPS) is 12.1. The molecule has 0 aliphatic carbocycles. The Morgan fingerprint density at radius 3 is 2.47 bits per heavy atom. The van der Waals surface area contributed by atoms with E-state index in [4.69, 9.17) is 5.11 Å². The van der Waals surface area contributed by atoms with Crippen molar-refractivity contribution in [2.24, 2.45) is 5.92 Å². The van der Waals surface area contributed by atoms with Gasteiger partial charge in [-0.1, -0.05) is 0 Å². The van der Waals surface area contributed by atoms with Crippen molar-refractivity contribution in [1.29, 1.82) is 0 Å². The number of carbonyl (C=O) groups is 2. The van der Waals surface area contributed by atoms with Gasteiger partial charge in [0.25, 0.3) is 0 Å². The zero-order valence-electron chi connectivity index (χ0n) is 9.69. The second kappa shape index (κ2) is 6.07. The molecule has 1 unspecified atom stereocenters. The molecule has 0 radical (unpaired) electrons. The molecule has 8 heteroatoms. The van der Waals surface area contributed by atoms with Gasteiger partial charge in [-0.15, -0.1) is 0 Å². The third kappa shape index (κ3) is 4.16. The predicted octanol–water partition coefficient (Wildman–Crippen LogP) is 2.09. The van der Waals surface area contributed by atoms with Gasteiger partial charge in [-0.25, -0.2) is 4.39 Å². The number of hydrogen-bond donors (Lipinski definition) is 2. The van der Waals surface area contributed by atoms with Crippen LogP contribution in [0.5, 0.6) is 5.75 Å². The Balaban J connectivity index is 2.80. The van der Waals surface area contributed by atoms with Crippen molar-refractivity contribution in [1.82, 2.24) is 0 Å². The molecule has 1 atom stereocenters. The highest BCUT2D eigenvalue weighted by Crippen LogP contribution is 2.22. The summed E-state index contributed by atoms with van der Waals surface area (Å²) < 4.78 is 41.2. The Hall–Kier alpha value is -2.25. The fourth-order valence-corrected chi connectivity index (χ4v) is 1.13. The van der Waals surface area contributed by atoms with Crippen LogP contribution in [-0.2, 0) is 9.59 Å². The van der Waals surface area contributed by atoms with Crippen molar-refractivity contribution >= 4 is 17.6 Å². The molecule has 1 aromatic rings. The molecule has 19 heavy (non-hydrogen) atoms. The van der Waals surface area contributed by atoms with E-state index in [1.165, 1.54) is 0 Å². The van der Waals surface area contributed by atoms with Gasteiger partial charge in [0.2, 0.25) is 5.91 Å². The second-order valence-corrected chi connectivity index (χ2v) is 3.57. The number of carbonyl (C=O) groups excluding carboxylic acids is 1. The standard InChI is InChI=1S/C11H10F3NO4/c1-5(10(17)18)9(16)15-8-3-2-6(4-7(8)12)19-11(13)14/h2-5,11H,1H3,(H,15,16)(H,17,18). The van der Waals surface area contributed by atoms with E-state index in [-0.39, 0.29) is 5.69 Å². The number of benzene rings is 1. The maximum atomic E-state index is 13.4. The number of carboxylic acids is 1. The molecule has 0 aliphatic heterocycles. The van der Waals surface area contributed by atoms with Gasteiger partial charge < -0.3 is 15.2 Å². The molecule has 1 aromatic carbocycles. The number of alkyl halides is 2. The lowest BCUT2D eigenvalue weighted by Gasteiger charge is -2.10. The van der Waals surface area contributed by atoms with Gasteiger partial charge in [0.15, 0.2) is 0 Å². The van der Waals surface area contributed by atoms with Crippen LogP contribution >= 0.6 is 0 Å². The number of halogens is 3. The summed E-state index contributed by atoms with van der Waals surface area (Å²) in [5.41, 5.74) is -0.320. The molecule has 104 valence electrons. The number of hydrogen-bond acceptors (Lipinski definition) is 3. The fraction of sp³-hybridized carbons (Fsp3) is 0.273. The van der Waals surface area contributed by atoms with Gasteiger partial charge in [-0.3, -0.25) is 9.59 Å². The highest BCUT2D eigenvalue weighted by molar-refractivity contribution is 6.03. The number of aliphatic carboxylic acids is 1. The minimum absolute atomic E-state index is 0.320. The van der Waals surface area contributed by atoms with Crippen LogP contribution < -0.4 is 10.1 Å². The summed E-state index contributed by atoms with van der Waals surface area (Å²) in [6, 6.07) is 2.68.